The number of rotatable bonds is 11. The third kappa shape index (κ3) is 6.56. The van der Waals surface area contributed by atoms with Crippen molar-refractivity contribution in [2.45, 2.75) is 25.2 Å². The lowest BCUT2D eigenvalue weighted by atomic mass is 10.0. The topological polar surface area (TPSA) is 64.5 Å². The van der Waals surface area contributed by atoms with Gasteiger partial charge in [-0.05, 0) is 42.3 Å². The van der Waals surface area contributed by atoms with Gasteiger partial charge in [0.1, 0.15) is 36.3 Å². The maximum atomic E-state index is 10.6. The molecule has 5 heteroatoms. The maximum absolute atomic E-state index is 10.6. The lowest BCUT2D eigenvalue weighted by Crippen LogP contribution is -2.87. The molecule has 0 unspecified atom stereocenters. The zero-order valence-corrected chi connectivity index (χ0v) is 18.4. The molecule has 31 heavy (non-hydrogen) atoms. The first kappa shape index (κ1) is 22.8. The van der Waals surface area contributed by atoms with Crippen molar-refractivity contribution < 1.29 is 24.6 Å². The molecular formula is C26H32NO4+. The third-order valence-corrected chi connectivity index (χ3v) is 5.38. The number of hydrogen-bond acceptors (Lipinski definition) is 4. The molecule has 0 aromatic heterocycles. The van der Waals surface area contributed by atoms with Crippen molar-refractivity contribution in [2.24, 2.45) is 0 Å². The smallest absolute Gasteiger partial charge is 0.126 e. The molecule has 0 radical (unpaired) electrons. The van der Waals surface area contributed by atoms with Gasteiger partial charge in [-0.25, -0.2) is 0 Å². The first-order valence-electron chi connectivity index (χ1n) is 10.6. The average Bonchev–Trinajstić information content (AvgIpc) is 2.84. The van der Waals surface area contributed by atoms with Crippen LogP contribution in [0.4, 0.5) is 0 Å². The van der Waals surface area contributed by atoms with Crippen LogP contribution in [0.25, 0.3) is 0 Å². The van der Waals surface area contributed by atoms with Crippen molar-refractivity contribution in [3.63, 3.8) is 0 Å². The fourth-order valence-electron chi connectivity index (χ4n) is 3.47. The van der Waals surface area contributed by atoms with Gasteiger partial charge in [0.15, 0.2) is 0 Å². The van der Waals surface area contributed by atoms with Crippen LogP contribution >= 0.6 is 0 Å². The number of hydrogen-bond donors (Lipinski definition) is 2. The number of ether oxygens (including phenoxy) is 3. The quantitative estimate of drug-likeness (QED) is 0.497. The predicted molar refractivity (Wildman–Crippen MR) is 121 cm³/mol. The van der Waals surface area contributed by atoms with Gasteiger partial charge in [0.05, 0.1) is 20.8 Å². The van der Waals surface area contributed by atoms with E-state index in [1.165, 1.54) is 5.56 Å². The summed E-state index contributed by atoms with van der Waals surface area (Å²) >= 11 is 0. The number of benzene rings is 3. The summed E-state index contributed by atoms with van der Waals surface area (Å²) in [7, 11) is 3.30. The molecule has 3 N–H and O–H groups in total. The second kappa shape index (κ2) is 11.5. The minimum atomic E-state index is -0.579. The monoisotopic (exact) mass is 422 g/mol. The van der Waals surface area contributed by atoms with Crippen LogP contribution in [0.3, 0.4) is 0 Å². The number of nitrogens with two attached hydrogens (primary N) is 1. The Labute approximate surface area is 184 Å². The molecule has 0 aliphatic carbocycles. The molecule has 0 spiro atoms. The molecule has 5 nitrogen and oxygen atoms in total. The zero-order valence-electron chi connectivity index (χ0n) is 18.4. The Hall–Kier alpha value is -2.86. The molecule has 0 saturated heterocycles. The highest BCUT2D eigenvalue weighted by Gasteiger charge is 2.19. The molecule has 0 saturated carbocycles. The number of aliphatic hydroxyl groups is 1. The predicted octanol–water partition coefficient (Wildman–Crippen LogP) is 3.50. The van der Waals surface area contributed by atoms with Gasteiger partial charge in [0.25, 0.3) is 0 Å². The van der Waals surface area contributed by atoms with Crippen molar-refractivity contribution in [1.29, 1.82) is 0 Å². The van der Waals surface area contributed by atoms with E-state index in [1.54, 1.807) is 14.2 Å². The molecule has 3 rings (SSSR count). The van der Waals surface area contributed by atoms with Gasteiger partial charge in [0.2, 0.25) is 0 Å². The summed E-state index contributed by atoms with van der Waals surface area (Å²) in [6.07, 6.45) is -0.872. The summed E-state index contributed by atoms with van der Waals surface area (Å²) in [6, 6.07) is 26.2. The van der Waals surface area contributed by atoms with Crippen LogP contribution in [-0.2, 0) is 4.74 Å². The fourth-order valence-corrected chi connectivity index (χ4v) is 3.47. The van der Waals surface area contributed by atoms with Crippen LogP contribution in [0.2, 0.25) is 0 Å². The van der Waals surface area contributed by atoms with Crippen LogP contribution in [-0.4, -0.2) is 38.6 Å². The number of methoxy groups -OCH3 is 2. The highest BCUT2D eigenvalue weighted by molar-refractivity contribution is 5.36. The third-order valence-electron chi connectivity index (χ3n) is 5.38. The number of aliphatic hydroxyl groups excluding tert-OH is 1. The fraction of sp³-hybridized carbons (Fsp3) is 0.308. The van der Waals surface area contributed by atoms with Crippen molar-refractivity contribution in [3.05, 3.63) is 95.6 Å². The van der Waals surface area contributed by atoms with Crippen LogP contribution in [0, 0.1) is 0 Å². The lowest BCUT2D eigenvalue weighted by molar-refractivity contribution is -0.698. The van der Waals surface area contributed by atoms with Crippen LogP contribution < -0.4 is 14.8 Å². The Morgan fingerprint density at radius 3 is 1.74 bits per heavy atom. The highest BCUT2D eigenvalue weighted by atomic mass is 16.5. The van der Waals surface area contributed by atoms with Gasteiger partial charge in [0, 0.05) is 5.56 Å². The minimum Gasteiger partial charge on any atom is -0.497 e. The molecule has 3 aromatic rings. The van der Waals surface area contributed by atoms with Gasteiger partial charge in [-0.3, -0.25) is 0 Å². The van der Waals surface area contributed by atoms with E-state index in [0.29, 0.717) is 6.54 Å². The molecule has 0 aliphatic heterocycles. The SMILES string of the molecule is COc1ccc(C(OC[C@H](O)C[NH2+][C@H](C)c2ccccc2)c2ccc(OC)cc2)cc1. The highest BCUT2D eigenvalue weighted by Crippen LogP contribution is 2.29. The number of quaternary nitrogens is 1. The second-order valence-corrected chi connectivity index (χ2v) is 7.58. The molecule has 164 valence electrons. The van der Waals surface area contributed by atoms with E-state index < -0.39 is 6.10 Å². The summed E-state index contributed by atoms with van der Waals surface area (Å²) in [6.45, 7) is 2.94. The van der Waals surface area contributed by atoms with Gasteiger partial charge in [-0.2, -0.15) is 0 Å². The molecule has 3 aromatic carbocycles. The molecule has 2 atom stereocenters. The van der Waals surface area contributed by atoms with Crippen LogP contribution in [0.1, 0.15) is 35.8 Å². The summed E-state index contributed by atoms with van der Waals surface area (Å²) in [5.41, 5.74) is 3.24. The van der Waals surface area contributed by atoms with E-state index in [-0.39, 0.29) is 18.8 Å². The standard InChI is InChI=1S/C26H31NO4/c1-19(20-7-5-4-6-8-20)27-17-23(28)18-31-26(21-9-13-24(29-2)14-10-21)22-11-15-25(30-3)16-12-22/h4-16,19,23,26-28H,17-18H2,1-3H3/p+1/t19-,23-/m1/s1. The van der Waals surface area contributed by atoms with E-state index in [0.717, 1.165) is 22.6 Å². The van der Waals surface area contributed by atoms with E-state index in [2.05, 4.69) is 24.4 Å². The molecule has 0 fully saturated rings. The summed E-state index contributed by atoms with van der Waals surface area (Å²) in [4.78, 5) is 0. The van der Waals surface area contributed by atoms with E-state index in [4.69, 9.17) is 14.2 Å². The summed E-state index contributed by atoms with van der Waals surface area (Å²) in [5.74, 6) is 1.59. The Bertz CT molecular complexity index is 849. The Balaban J connectivity index is 1.64. The van der Waals surface area contributed by atoms with E-state index in [9.17, 15) is 5.11 Å². The van der Waals surface area contributed by atoms with Crippen molar-refractivity contribution >= 4 is 0 Å². The average molecular weight is 423 g/mol. The lowest BCUT2D eigenvalue weighted by Gasteiger charge is -2.22. The van der Waals surface area contributed by atoms with Gasteiger partial charge in [-0.15, -0.1) is 0 Å². The van der Waals surface area contributed by atoms with Gasteiger partial charge < -0.3 is 24.6 Å². The largest absolute Gasteiger partial charge is 0.497 e. The van der Waals surface area contributed by atoms with Crippen molar-refractivity contribution in [2.75, 3.05) is 27.4 Å². The molecular weight excluding hydrogens is 390 g/mol. The van der Waals surface area contributed by atoms with Crippen LogP contribution in [0.5, 0.6) is 11.5 Å². The summed E-state index contributed by atoms with van der Waals surface area (Å²) in [5, 5.41) is 12.7. The summed E-state index contributed by atoms with van der Waals surface area (Å²) < 4.78 is 16.8. The van der Waals surface area contributed by atoms with Gasteiger partial charge >= 0.3 is 0 Å². The Kier molecular flexibility index (Phi) is 8.47. The molecule has 0 bridgehead atoms. The van der Waals surface area contributed by atoms with Crippen molar-refractivity contribution in [1.82, 2.24) is 0 Å². The Morgan fingerprint density at radius 2 is 1.26 bits per heavy atom. The minimum absolute atomic E-state index is 0.237. The van der Waals surface area contributed by atoms with Crippen molar-refractivity contribution in [3.8, 4) is 11.5 Å². The zero-order chi connectivity index (χ0) is 22.1. The molecule has 0 aliphatic rings. The maximum Gasteiger partial charge on any atom is 0.126 e. The first-order valence-corrected chi connectivity index (χ1v) is 10.6. The first-order chi connectivity index (χ1) is 15.1. The second-order valence-electron chi connectivity index (χ2n) is 7.58. The molecule has 0 amide bonds. The van der Waals surface area contributed by atoms with E-state index >= 15 is 0 Å². The Morgan fingerprint density at radius 1 is 0.742 bits per heavy atom. The normalized spacial score (nSPS) is 13.1. The molecule has 0 heterocycles. The van der Waals surface area contributed by atoms with Crippen LogP contribution in [0.15, 0.2) is 78.9 Å². The van der Waals surface area contributed by atoms with E-state index in [1.807, 2.05) is 66.7 Å². The van der Waals surface area contributed by atoms with Gasteiger partial charge in [-0.1, -0.05) is 54.6 Å².